The zero-order chi connectivity index (χ0) is 18.1. The van der Waals surface area contributed by atoms with E-state index in [1.807, 2.05) is 12.1 Å². The third kappa shape index (κ3) is 2.30. The summed E-state index contributed by atoms with van der Waals surface area (Å²) in [5.41, 5.74) is 1.02. The largest absolute Gasteiger partial charge is 0.389 e. The molecule has 0 unspecified atom stereocenters. The van der Waals surface area contributed by atoms with Gasteiger partial charge in [-0.3, -0.25) is 4.79 Å². The first-order valence-corrected chi connectivity index (χ1v) is 10.2. The van der Waals surface area contributed by atoms with Crippen LogP contribution < -0.4 is 0 Å². The van der Waals surface area contributed by atoms with E-state index in [1.54, 1.807) is 17.0 Å². The molecule has 0 atom stereocenters. The van der Waals surface area contributed by atoms with E-state index < -0.39 is 0 Å². The van der Waals surface area contributed by atoms with Crippen LogP contribution in [0.1, 0.15) is 44.6 Å². The Balaban J connectivity index is 1.52. The Hall–Kier alpha value is -1.42. The molecule has 4 aliphatic carbocycles. The number of rotatable bonds is 3. The fraction of sp³-hybridized carbons (Fsp3) is 0.682. The fourth-order valence-corrected chi connectivity index (χ4v) is 6.91. The van der Waals surface area contributed by atoms with Crippen molar-refractivity contribution in [3.8, 4) is 0 Å². The van der Waals surface area contributed by atoms with Crippen LogP contribution in [0.15, 0.2) is 24.3 Å². The van der Waals surface area contributed by atoms with Gasteiger partial charge in [0.2, 0.25) is 5.91 Å². The minimum atomic E-state index is -0.361. The number of benzene rings is 1. The van der Waals surface area contributed by atoms with Crippen molar-refractivity contribution >= 4 is 5.91 Å². The third-order valence-electron chi connectivity index (χ3n) is 8.33. The van der Waals surface area contributed by atoms with Gasteiger partial charge in [-0.1, -0.05) is 19.1 Å². The van der Waals surface area contributed by atoms with Gasteiger partial charge in [0.05, 0.1) is 6.10 Å². The van der Waals surface area contributed by atoms with Crippen molar-refractivity contribution in [2.24, 2.45) is 29.6 Å². The van der Waals surface area contributed by atoms with Crippen LogP contribution in [0.4, 0.5) is 4.39 Å². The minimum Gasteiger partial charge on any atom is -0.389 e. The van der Waals surface area contributed by atoms with Crippen molar-refractivity contribution in [3.63, 3.8) is 0 Å². The molecule has 26 heavy (non-hydrogen) atoms. The van der Waals surface area contributed by atoms with Crippen LogP contribution in [0.2, 0.25) is 0 Å². The van der Waals surface area contributed by atoms with Crippen LogP contribution in [0, 0.1) is 35.4 Å². The molecule has 140 valence electrons. The molecular weight excluding hydrogens is 329 g/mol. The summed E-state index contributed by atoms with van der Waals surface area (Å²) in [5.74, 6) is 3.43. The first kappa shape index (κ1) is 16.7. The molecule has 1 heterocycles. The topological polar surface area (TPSA) is 40.5 Å². The lowest BCUT2D eigenvalue weighted by molar-refractivity contribution is -0.151. The Morgan fingerprint density at radius 3 is 2.15 bits per heavy atom. The molecule has 5 aliphatic rings. The minimum absolute atomic E-state index is 0.140. The van der Waals surface area contributed by atoms with Gasteiger partial charge >= 0.3 is 0 Å². The van der Waals surface area contributed by atoms with Crippen LogP contribution in [-0.2, 0) is 10.2 Å². The van der Waals surface area contributed by atoms with Gasteiger partial charge in [-0.05, 0) is 73.0 Å². The molecule has 0 spiro atoms. The van der Waals surface area contributed by atoms with Crippen LogP contribution in [0.5, 0.6) is 0 Å². The highest BCUT2D eigenvalue weighted by Gasteiger charge is 2.60. The second-order valence-corrected chi connectivity index (χ2v) is 9.39. The van der Waals surface area contributed by atoms with E-state index in [4.69, 9.17) is 0 Å². The van der Waals surface area contributed by atoms with E-state index in [9.17, 15) is 14.3 Å². The molecule has 6 rings (SSSR count). The summed E-state index contributed by atoms with van der Waals surface area (Å²) in [6, 6.07) is 6.98. The number of likely N-dealkylation sites (tertiary alicyclic amines) is 1. The summed E-state index contributed by atoms with van der Waals surface area (Å²) in [5, 5.41) is 9.58. The van der Waals surface area contributed by atoms with E-state index in [2.05, 4.69) is 6.92 Å². The van der Waals surface area contributed by atoms with Gasteiger partial charge in [0.1, 0.15) is 5.82 Å². The molecule has 4 saturated carbocycles. The van der Waals surface area contributed by atoms with Crippen LogP contribution in [0.3, 0.4) is 0 Å². The average molecular weight is 357 g/mol. The summed E-state index contributed by atoms with van der Waals surface area (Å²) in [6.45, 7) is 3.35. The molecule has 0 aromatic heterocycles. The fourth-order valence-electron chi connectivity index (χ4n) is 6.91. The van der Waals surface area contributed by atoms with E-state index in [1.165, 1.54) is 25.7 Å². The molecule has 1 aliphatic heterocycles. The Kier molecular flexibility index (Phi) is 3.72. The van der Waals surface area contributed by atoms with E-state index in [0.29, 0.717) is 31.3 Å². The standard InChI is InChI=1S/C22H28FNO2/c1-13-14-6-17-8-15(13)9-18(7-14)22(17,16-2-4-19(23)5-3-16)10-21(26)24-11-20(25)12-24/h2-5,13-15,17-18,20,25H,6-12H2,1H3. The molecule has 0 radical (unpaired) electrons. The molecule has 4 heteroatoms. The lowest BCUT2D eigenvalue weighted by Crippen LogP contribution is -2.61. The highest BCUT2D eigenvalue weighted by molar-refractivity contribution is 5.79. The molecule has 1 N–H and O–H groups in total. The highest BCUT2D eigenvalue weighted by atomic mass is 19.1. The Morgan fingerprint density at radius 2 is 1.65 bits per heavy atom. The Labute approximate surface area is 154 Å². The molecule has 1 saturated heterocycles. The number of aliphatic hydroxyl groups excluding tert-OH is 1. The maximum atomic E-state index is 13.6. The quantitative estimate of drug-likeness (QED) is 0.901. The maximum Gasteiger partial charge on any atom is 0.223 e. The van der Waals surface area contributed by atoms with E-state index in [-0.39, 0.29) is 23.2 Å². The molecule has 1 amide bonds. The lowest BCUT2D eigenvalue weighted by Gasteiger charge is -2.64. The number of aliphatic hydroxyl groups is 1. The normalized spacial score (nSPS) is 41.3. The van der Waals surface area contributed by atoms with Crippen LogP contribution >= 0.6 is 0 Å². The monoisotopic (exact) mass is 357 g/mol. The first-order chi connectivity index (χ1) is 12.5. The summed E-state index contributed by atoms with van der Waals surface area (Å²) >= 11 is 0. The third-order valence-corrected chi connectivity index (χ3v) is 8.33. The number of hydrogen-bond donors (Lipinski definition) is 1. The number of carbonyl (C=O) groups excluding carboxylic acids is 1. The maximum absolute atomic E-state index is 13.6. The molecule has 4 bridgehead atoms. The summed E-state index contributed by atoms with van der Waals surface area (Å²) in [4.78, 5) is 14.8. The predicted octanol–water partition coefficient (Wildman–Crippen LogP) is 3.36. The van der Waals surface area contributed by atoms with Gasteiger partial charge in [-0.15, -0.1) is 0 Å². The van der Waals surface area contributed by atoms with Crippen molar-refractivity contribution in [2.45, 2.75) is 50.5 Å². The number of nitrogens with zero attached hydrogens (tertiary/aromatic N) is 1. The van der Waals surface area contributed by atoms with Crippen LogP contribution in [0.25, 0.3) is 0 Å². The smallest absolute Gasteiger partial charge is 0.223 e. The molecular formula is C22H28FNO2. The van der Waals surface area contributed by atoms with Gasteiger partial charge in [0, 0.05) is 24.9 Å². The molecule has 3 nitrogen and oxygen atoms in total. The number of β-amino-alcohol motifs (C(OH)–C–C–N with tert-alkyl or cyclic N) is 1. The molecule has 1 aromatic rings. The van der Waals surface area contributed by atoms with Gasteiger partial charge in [0.25, 0.3) is 0 Å². The Bertz CT molecular complexity index is 679. The zero-order valence-electron chi connectivity index (χ0n) is 15.4. The second-order valence-electron chi connectivity index (χ2n) is 9.39. The second kappa shape index (κ2) is 5.79. The van der Waals surface area contributed by atoms with Crippen LogP contribution in [-0.4, -0.2) is 35.1 Å². The zero-order valence-corrected chi connectivity index (χ0v) is 15.4. The van der Waals surface area contributed by atoms with Crippen molar-refractivity contribution in [1.29, 1.82) is 0 Å². The molecule has 1 aromatic carbocycles. The number of hydrogen-bond acceptors (Lipinski definition) is 2. The number of carbonyl (C=O) groups is 1. The van der Waals surface area contributed by atoms with Crippen molar-refractivity contribution in [1.82, 2.24) is 4.90 Å². The highest BCUT2D eigenvalue weighted by Crippen LogP contribution is 2.65. The van der Waals surface area contributed by atoms with Crippen molar-refractivity contribution < 1.29 is 14.3 Å². The van der Waals surface area contributed by atoms with E-state index in [0.717, 1.165) is 23.3 Å². The SMILES string of the molecule is CC1C2CC3CC1CC(C2)C3(CC(=O)N1CC(O)C1)c1ccc(F)cc1. The summed E-state index contributed by atoms with van der Waals surface area (Å²) in [7, 11) is 0. The number of amides is 1. The Morgan fingerprint density at radius 1 is 1.12 bits per heavy atom. The lowest BCUT2D eigenvalue weighted by atomic mass is 9.41. The summed E-state index contributed by atoms with van der Waals surface area (Å²) in [6.07, 6.45) is 5.00. The first-order valence-electron chi connectivity index (χ1n) is 10.2. The van der Waals surface area contributed by atoms with Crippen molar-refractivity contribution in [3.05, 3.63) is 35.6 Å². The average Bonchev–Trinajstić information content (AvgIpc) is 2.57. The van der Waals surface area contributed by atoms with Gasteiger partial charge in [-0.25, -0.2) is 4.39 Å². The molecule has 5 fully saturated rings. The van der Waals surface area contributed by atoms with Gasteiger partial charge < -0.3 is 10.0 Å². The summed E-state index contributed by atoms with van der Waals surface area (Å²) < 4.78 is 13.6. The van der Waals surface area contributed by atoms with Gasteiger partial charge in [-0.2, -0.15) is 0 Å². The number of halogens is 1. The van der Waals surface area contributed by atoms with Crippen molar-refractivity contribution in [2.75, 3.05) is 13.1 Å². The van der Waals surface area contributed by atoms with Gasteiger partial charge in [0.15, 0.2) is 0 Å². The predicted molar refractivity (Wildman–Crippen MR) is 96.9 cm³/mol. The van der Waals surface area contributed by atoms with E-state index >= 15 is 0 Å².